The fourth-order valence-electron chi connectivity index (χ4n) is 4.62. The molecule has 3 atom stereocenters. The summed E-state index contributed by atoms with van der Waals surface area (Å²) in [6.45, 7) is 4.86. The van der Waals surface area contributed by atoms with Gasteiger partial charge in [-0.3, -0.25) is 0 Å². The summed E-state index contributed by atoms with van der Waals surface area (Å²) in [5.74, 6) is 1.33. The summed E-state index contributed by atoms with van der Waals surface area (Å²) < 4.78 is 0. The van der Waals surface area contributed by atoms with Gasteiger partial charge in [-0.1, -0.05) is 38.3 Å². The van der Waals surface area contributed by atoms with E-state index in [0.717, 1.165) is 18.8 Å². The van der Waals surface area contributed by atoms with Crippen LogP contribution in [0.3, 0.4) is 0 Å². The van der Waals surface area contributed by atoms with E-state index in [0.29, 0.717) is 11.3 Å². The average Bonchev–Trinajstić information content (AvgIpc) is 2.26. The number of allylic oxidation sites excluding steroid dienone is 1. The van der Waals surface area contributed by atoms with Crippen LogP contribution in [-0.4, -0.2) is 10.7 Å². The summed E-state index contributed by atoms with van der Waals surface area (Å²) in [5.41, 5.74) is 1.71. The molecule has 0 heterocycles. The highest BCUT2D eigenvalue weighted by Crippen LogP contribution is 2.55. The zero-order chi connectivity index (χ0) is 12.1. The van der Waals surface area contributed by atoms with Crippen molar-refractivity contribution < 1.29 is 5.11 Å². The van der Waals surface area contributed by atoms with E-state index in [-0.39, 0.29) is 5.60 Å². The minimum atomic E-state index is -0.339. The van der Waals surface area contributed by atoms with Gasteiger partial charge in [-0.15, -0.1) is 0 Å². The van der Waals surface area contributed by atoms with Gasteiger partial charge < -0.3 is 5.11 Å². The minimum absolute atomic E-state index is 0.339. The van der Waals surface area contributed by atoms with Gasteiger partial charge in [-0.25, -0.2) is 0 Å². The highest BCUT2D eigenvalue weighted by Gasteiger charge is 2.49. The second-order valence-electron chi connectivity index (χ2n) is 7.32. The number of rotatable bonds is 0. The van der Waals surface area contributed by atoms with Crippen LogP contribution in [0.15, 0.2) is 11.6 Å². The molecule has 0 radical (unpaired) electrons. The summed E-state index contributed by atoms with van der Waals surface area (Å²) in [4.78, 5) is 0. The van der Waals surface area contributed by atoms with E-state index in [4.69, 9.17) is 0 Å². The first-order valence-corrected chi connectivity index (χ1v) is 7.43. The molecule has 0 aromatic rings. The largest absolute Gasteiger partial charge is 0.389 e. The standard InChI is InChI=1S/C16H26O/c1-15(2)8-5-6-12-11-16(17)9-4-3-7-13(16)10-14(12)15/h6,13-14,17H,3-5,7-11H2,1-2H3/t13-,14+,16+/m1/s1. The monoisotopic (exact) mass is 234 g/mol. The number of hydrogen-bond donors (Lipinski definition) is 1. The molecule has 1 N–H and O–H groups in total. The molecule has 0 aliphatic heterocycles. The zero-order valence-corrected chi connectivity index (χ0v) is 11.3. The Labute approximate surface area is 105 Å². The summed E-state index contributed by atoms with van der Waals surface area (Å²) >= 11 is 0. The molecule has 0 saturated heterocycles. The lowest BCUT2D eigenvalue weighted by atomic mass is 9.55. The molecule has 2 fully saturated rings. The highest BCUT2D eigenvalue weighted by molar-refractivity contribution is 5.22. The Hall–Kier alpha value is -0.300. The molecule has 0 spiro atoms. The molecular formula is C16H26O. The van der Waals surface area contributed by atoms with Crippen molar-refractivity contribution in [1.82, 2.24) is 0 Å². The third kappa shape index (κ3) is 1.87. The molecule has 1 nitrogen and oxygen atoms in total. The topological polar surface area (TPSA) is 20.2 Å². The first kappa shape index (κ1) is 11.8. The summed E-state index contributed by atoms with van der Waals surface area (Å²) in [6, 6.07) is 0. The third-order valence-electron chi connectivity index (χ3n) is 5.79. The number of aliphatic hydroxyl groups is 1. The third-order valence-corrected chi connectivity index (χ3v) is 5.79. The lowest BCUT2D eigenvalue weighted by Gasteiger charge is -2.52. The fraction of sp³-hybridized carbons (Fsp3) is 0.875. The summed E-state index contributed by atoms with van der Waals surface area (Å²) in [6.07, 6.45) is 12.1. The number of fused-ring (bicyclic) bond motifs is 2. The molecule has 3 aliphatic rings. The second kappa shape index (κ2) is 3.85. The van der Waals surface area contributed by atoms with Gasteiger partial charge in [0.1, 0.15) is 0 Å². The number of hydrogen-bond acceptors (Lipinski definition) is 1. The molecule has 17 heavy (non-hydrogen) atoms. The average molecular weight is 234 g/mol. The van der Waals surface area contributed by atoms with Crippen LogP contribution in [0, 0.1) is 17.3 Å². The van der Waals surface area contributed by atoms with Crippen LogP contribution < -0.4 is 0 Å². The first-order valence-electron chi connectivity index (χ1n) is 7.43. The Kier molecular flexibility index (Phi) is 2.66. The smallest absolute Gasteiger partial charge is 0.0713 e. The Morgan fingerprint density at radius 3 is 2.88 bits per heavy atom. The SMILES string of the molecule is CC1(C)CCC=C2C[C@@]3(O)CCCC[C@@H]3C[C@@H]21. The molecule has 3 aliphatic carbocycles. The van der Waals surface area contributed by atoms with Crippen molar-refractivity contribution in [2.24, 2.45) is 17.3 Å². The van der Waals surface area contributed by atoms with Crippen molar-refractivity contribution >= 4 is 0 Å². The van der Waals surface area contributed by atoms with Gasteiger partial charge >= 0.3 is 0 Å². The van der Waals surface area contributed by atoms with Crippen molar-refractivity contribution in [1.29, 1.82) is 0 Å². The van der Waals surface area contributed by atoms with E-state index < -0.39 is 0 Å². The van der Waals surface area contributed by atoms with E-state index in [1.807, 2.05) is 0 Å². The normalized spacial score (nSPS) is 44.5. The Balaban J connectivity index is 1.89. The second-order valence-corrected chi connectivity index (χ2v) is 7.32. The molecule has 1 heteroatoms. The van der Waals surface area contributed by atoms with Gasteiger partial charge in [0.25, 0.3) is 0 Å². The highest BCUT2D eigenvalue weighted by atomic mass is 16.3. The molecule has 2 saturated carbocycles. The van der Waals surface area contributed by atoms with Crippen LogP contribution in [0.5, 0.6) is 0 Å². The summed E-state index contributed by atoms with van der Waals surface area (Å²) in [5, 5.41) is 10.9. The van der Waals surface area contributed by atoms with Crippen molar-refractivity contribution in [3.8, 4) is 0 Å². The van der Waals surface area contributed by atoms with Crippen molar-refractivity contribution in [3.05, 3.63) is 11.6 Å². The quantitative estimate of drug-likeness (QED) is 0.627. The van der Waals surface area contributed by atoms with Crippen LogP contribution in [0.2, 0.25) is 0 Å². The Morgan fingerprint density at radius 2 is 2.06 bits per heavy atom. The van der Waals surface area contributed by atoms with Crippen LogP contribution >= 0.6 is 0 Å². The van der Waals surface area contributed by atoms with Crippen LogP contribution in [0.1, 0.15) is 65.2 Å². The Bertz CT molecular complexity index is 341. The molecule has 0 bridgehead atoms. The lowest BCUT2D eigenvalue weighted by Crippen LogP contribution is -2.49. The predicted octanol–water partition coefficient (Wildman–Crippen LogP) is 4.06. The van der Waals surface area contributed by atoms with E-state index in [9.17, 15) is 5.11 Å². The molecule has 0 unspecified atom stereocenters. The van der Waals surface area contributed by atoms with Crippen LogP contribution in [-0.2, 0) is 0 Å². The molecule has 0 amide bonds. The van der Waals surface area contributed by atoms with Crippen LogP contribution in [0.4, 0.5) is 0 Å². The van der Waals surface area contributed by atoms with Gasteiger partial charge in [0.15, 0.2) is 0 Å². The molecule has 3 rings (SSSR count). The lowest BCUT2D eigenvalue weighted by molar-refractivity contribution is -0.0820. The van der Waals surface area contributed by atoms with Gasteiger partial charge in [0, 0.05) is 0 Å². The van der Waals surface area contributed by atoms with Gasteiger partial charge in [0.2, 0.25) is 0 Å². The van der Waals surface area contributed by atoms with E-state index in [1.54, 1.807) is 5.57 Å². The van der Waals surface area contributed by atoms with E-state index >= 15 is 0 Å². The summed E-state index contributed by atoms with van der Waals surface area (Å²) in [7, 11) is 0. The first-order chi connectivity index (χ1) is 8.01. The van der Waals surface area contributed by atoms with E-state index in [1.165, 1.54) is 38.5 Å². The van der Waals surface area contributed by atoms with Crippen molar-refractivity contribution in [2.45, 2.75) is 70.8 Å². The molecule has 0 aromatic heterocycles. The molecule has 96 valence electrons. The molecule has 0 aromatic carbocycles. The van der Waals surface area contributed by atoms with Gasteiger partial charge in [-0.05, 0) is 55.8 Å². The van der Waals surface area contributed by atoms with Crippen molar-refractivity contribution in [2.75, 3.05) is 0 Å². The molecular weight excluding hydrogens is 208 g/mol. The minimum Gasteiger partial charge on any atom is -0.389 e. The maximum Gasteiger partial charge on any atom is 0.0713 e. The van der Waals surface area contributed by atoms with Gasteiger partial charge in [0.05, 0.1) is 5.60 Å². The van der Waals surface area contributed by atoms with Crippen molar-refractivity contribution in [3.63, 3.8) is 0 Å². The maximum atomic E-state index is 10.9. The maximum absolute atomic E-state index is 10.9. The zero-order valence-electron chi connectivity index (χ0n) is 11.3. The predicted molar refractivity (Wildman–Crippen MR) is 70.7 cm³/mol. The Morgan fingerprint density at radius 1 is 1.24 bits per heavy atom. The van der Waals surface area contributed by atoms with E-state index in [2.05, 4.69) is 19.9 Å². The fourth-order valence-corrected chi connectivity index (χ4v) is 4.62. The van der Waals surface area contributed by atoms with Crippen LogP contribution in [0.25, 0.3) is 0 Å². The van der Waals surface area contributed by atoms with Gasteiger partial charge in [-0.2, -0.15) is 0 Å².